The van der Waals surface area contributed by atoms with Gasteiger partial charge in [-0.05, 0) is 24.3 Å². The van der Waals surface area contributed by atoms with Crippen molar-refractivity contribution in [2.24, 2.45) is 7.05 Å². The Hall–Kier alpha value is -2.90. The summed E-state index contributed by atoms with van der Waals surface area (Å²) in [6, 6.07) is 4.40. The van der Waals surface area contributed by atoms with E-state index < -0.39 is 57.1 Å². The Morgan fingerprint density at radius 1 is 1.12 bits per heavy atom. The molecule has 2 heterocycles. The van der Waals surface area contributed by atoms with Crippen molar-refractivity contribution in [2.45, 2.75) is 5.92 Å². The van der Waals surface area contributed by atoms with E-state index in [4.69, 9.17) is 11.6 Å². The van der Waals surface area contributed by atoms with Crippen LogP contribution in [0.25, 0.3) is 10.9 Å². The third-order valence-corrected chi connectivity index (χ3v) is 6.58. The van der Waals surface area contributed by atoms with Crippen molar-refractivity contribution in [1.29, 1.82) is 0 Å². The van der Waals surface area contributed by atoms with Gasteiger partial charge < -0.3 is 9.88 Å². The highest BCUT2D eigenvalue weighted by molar-refractivity contribution is 7.90. The van der Waals surface area contributed by atoms with Gasteiger partial charge in [-0.15, -0.1) is 0 Å². The first-order chi connectivity index (χ1) is 14.9. The maximum atomic E-state index is 15.0. The van der Waals surface area contributed by atoms with Crippen LogP contribution in [0, 0.1) is 11.6 Å². The minimum Gasteiger partial charge on any atom is -0.349 e. The lowest BCUT2D eigenvalue weighted by Gasteiger charge is -2.37. The van der Waals surface area contributed by atoms with Crippen LogP contribution in [0.1, 0.15) is 0 Å². The van der Waals surface area contributed by atoms with E-state index in [-0.39, 0.29) is 22.3 Å². The van der Waals surface area contributed by atoms with Crippen LogP contribution >= 0.6 is 11.6 Å². The van der Waals surface area contributed by atoms with Gasteiger partial charge in [0.1, 0.15) is 11.2 Å². The molecule has 1 aliphatic heterocycles. The Morgan fingerprint density at radius 2 is 1.78 bits per heavy atom. The SMILES string of the molecule is Cn1cnc2ccc(Nc3c(F)ccc(NS(=O)(=O)N4CC(F)(F)C4)c3Cl)c(F)c2c1=O. The molecule has 0 amide bonds. The van der Waals surface area contributed by atoms with Gasteiger partial charge in [-0.1, -0.05) is 11.6 Å². The van der Waals surface area contributed by atoms with Gasteiger partial charge in [0.05, 0.1) is 47.0 Å². The van der Waals surface area contributed by atoms with Crippen molar-refractivity contribution in [3.63, 3.8) is 0 Å². The predicted molar refractivity (Wildman–Crippen MR) is 111 cm³/mol. The zero-order valence-corrected chi connectivity index (χ0v) is 17.7. The fourth-order valence-electron chi connectivity index (χ4n) is 3.07. The summed E-state index contributed by atoms with van der Waals surface area (Å²) in [6.45, 7) is -2.00. The minimum absolute atomic E-state index is 0.0792. The summed E-state index contributed by atoms with van der Waals surface area (Å²) >= 11 is 6.12. The Kier molecular flexibility index (Phi) is 5.30. The molecule has 0 aliphatic carbocycles. The first kappa shape index (κ1) is 22.3. The fourth-order valence-corrected chi connectivity index (χ4v) is 4.67. The summed E-state index contributed by atoms with van der Waals surface area (Å²) in [5.41, 5.74) is -1.71. The second-order valence-corrected chi connectivity index (χ2v) is 9.17. The molecule has 1 fully saturated rings. The lowest BCUT2D eigenvalue weighted by molar-refractivity contribution is -0.0942. The Bertz CT molecular complexity index is 1410. The molecule has 0 radical (unpaired) electrons. The predicted octanol–water partition coefficient (Wildman–Crippen LogP) is 3.22. The third kappa shape index (κ3) is 3.87. The molecule has 1 aromatic heterocycles. The van der Waals surface area contributed by atoms with Crippen LogP contribution in [-0.4, -0.2) is 41.3 Å². The average Bonchev–Trinajstić information content (AvgIpc) is 2.69. The number of aryl methyl sites for hydroxylation is 1. The zero-order valence-electron chi connectivity index (χ0n) is 16.2. The van der Waals surface area contributed by atoms with Crippen LogP contribution < -0.4 is 15.6 Å². The smallest absolute Gasteiger partial charge is 0.302 e. The molecule has 1 saturated heterocycles. The van der Waals surface area contributed by atoms with Crippen LogP contribution in [0.5, 0.6) is 0 Å². The molecule has 0 spiro atoms. The Labute approximate surface area is 183 Å². The monoisotopic (exact) mass is 491 g/mol. The molecule has 1 aliphatic rings. The van der Waals surface area contributed by atoms with Crippen LogP contribution in [0.2, 0.25) is 5.02 Å². The average molecular weight is 492 g/mol. The summed E-state index contributed by atoms with van der Waals surface area (Å²) in [6.07, 6.45) is 1.22. The number of anilines is 3. The van der Waals surface area contributed by atoms with Gasteiger partial charge in [-0.2, -0.15) is 12.7 Å². The van der Waals surface area contributed by atoms with Crippen molar-refractivity contribution >= 4 is 49.8 Å². The molecule has 14 heteroatoms. The molecular formula is C18H14ClF4N5O3S. The molecule has 8 nitrogen and oxygen atoms in total. The topological polar surface area (TPSA) is 96.3 Å². The van der Waals surface area contributed by atoms with Gasteiger partial charge >= 0.3 is 10.2 Å². The Morgan fingerprint density at radius 3 is 2.44 bits per heavy atom. The number of aromatic nitrogens is 2. The molecule has 0 unspecified atom stereocenters. The normalized spacial score (nSPS) is 16.1. The van der Waals surface area contributed by atoms with Gasteiger partial charge in [0.2, 0.25) is 0 Å². The van der Waals surface area contributed by atoms with E-state index in [1.54, 1.807) is 0 Å². The fraction of sp³-hybridized carbons (Fsp3) is 0.222. The number of hydrogen-bond donors (Lipinski definition) is 2. The van der Waals surface area contributed by atoms with Crippen LogP contribution in [0.4, 0.5) is 34.6 Å². The third-order valence-electron chi connectivity index (χ3n) is 4.77. The Balaban J connectivity index is 1.69. The van der Waals surface area contributed by atoms with E-state index >= 15 is 0 Å². The summed E-state index contributed by atoms with van der Waals surface area (Å²) in [4.78, 5) is 16.2. The molecule has 2 aromatic carbocycles. The highest BCUT2D eigenvalue weighted by Gasteiger charge is 2.49. The number of benzene rings is 2. The van der Waals surface area contributed by atoms with E-state index in [1.807, 2.05) is 4.72 Å². The first-order valence-electron chi connectivity index (χ1n) is 8.94. The van der Waals surface area contributed by atoms with Crippen LogP contribution in [0.15, 0.2) is 35.4 Å². The van der Waals surface area contributed by atoms with E-state index in [0.29, 0.717) is 4.31 Å². The standard InChI is InChI=1S/C18H14ClF4N5O3S/c1-27-8-24-10-4-5-12(15(21)13(10)17(27)29)25-16-9(20)2-3-11(14(16)19)26-32(30,31)28-6-18(22,23)7-28/h2-5,8,25-26H,6-7H2,1H3. The largest absolute Gasteiger partial charge is 0.349 e. The van der Waals surface area contributed by atoms with Gasteiger partial charge in [0.15, 0.2) is 5.82 Å². The quantitative estimate of drug-likeness (QED) is 0.534. The molecule has 4 rings (SSSR count). The van der Waals surface area contributed by atoms with Gasteiger partial charge in [-0.25, -0.2) is 22.5 Å². The molecule has 0 bridgehead atoms. The first-order valence-corrected chi connectivity index (χ1v) is 10.8. The molecule has 2 N–H and O–H groups in total. The summed E-state index contributed by atoms with van der Waals surface area (Å²) in [5.74, 6) is -5.10. The summed E-state index contributed by atoms with van der Waals surface area (Å²) < 4.78 is 83.5. The number of hydrogen-bond acceptors (Lipinski definition) is 5. The van der Waals surface area contributed by atoms with Gasteiger partial charge in [0.25, 0.3) is 11.5 Å². The van der Waals surface area contributed by atoms with Crippen LogP contribution in [-0.2, 0) is 17.3 Å². The number of nitrogens with zero attached hydrogens (tertiary/aromatic N) is 3. The van der Waals surface area contributed by atoms with Gasteiger partial charge in [0, 0.05) is 7.05 Å². The zero-order chi connectivity index (χ0) is 23.4. The highest BCUT2D eigenvalue weighted by Crippen LogP contribution is 2.37. The lowest BCUT2D eigenvalue weighted by atomic mass is 10.2. The summed E-state index contributed by atoms with van der Waals surface area (Å²) in [5, 5.41) is 1.60. The maximum Gasteiger partial charge on any atom is 0.302 e. The van der Waals surface area contributed by atoms with Crippen LogP contribution in [0.3, 0.4) is 0 Å². The van der Waals surface area contributed by atoms with Crippen molar-refractivity contribution in [3.05, 3.63) is 57.6 Å². The minimum atomic E-state index is -4.38. The molecule has 3 aromatic rings. The van der Waals surface area contributed by atoms with E-state index in [2.05, 4.69) is 10.3 Å². The molecule has 0 atom stereocenters. The highest BCUT2D eigenvalue weighted by atomic mass is 35.5. The number of fused-ring (bicyclic) bond motifs is 1. The maximum absolute atomic E-state index is 15.0. The lowest BCUT2D eigenvalue weighted by Crippen LogP contribution is -2.59. The summed E-state index contributed by atoms with van der Waals surface area (Å²) in [7, 11) is -2.99. The second-order valence-electron chi connectivity index (χ2n) is 7.12. The molecule has 0 saturated carbocycles. The molecular weight excluding hydrogens is 478 g/mol. The molecule has 170 valence electrons. The van der Waals surface area contributed by atoms with Crippen molar-refractivity contribution in [3.8, 4) is 0 Å². The number of nitrogens with one attached hydrogen (secondary N) is 2. The van der Waals surface area contributed by atoms with E-state index in [9.17, 15) is 30.8 Å². The number of halogens is 5. The van der Waals surface area contributed by atoms with Gasteiger partial charge in [-0.3, -0.25) is 9.52 Å². The van der Waals surface area contributed by atoms with E-state index in [0.717, 1.165) is 16.7 Å². The molecule has 32 heavy (non-hydrogen) atoms. The van der Waals surface area contributed by atoms with Crippen molar-refractivity contribution in [1.82, 2.24) is 13.9 Å². The second kappa shape index (κ2) is 7.60. The number of rotatable bonds is 5. The van der Waals surface area contributed by atoms with Crippen molar-refractivity contribution < 1.29 is 26.0 Å². The number of alkyl halides is 2. The van der Waals surface area contributed by atoms with E-state index in [1.165, 1.54) is 25.5 Å². The van der Waals surface area contributed by atoms with Crippen molar-refractivity contribution in [2.75, 3.05) is 23.1 Å².